The van der Waals surface area contributed by atoms with E-state index in [2.05, 4.69) is 10.3 Å². The first kappa shape index (κ1) is 16.9. The first-order valence-electron chi connectivity index (χ1n) is 8.68. The van der Waals surface area contributed by atoms with Crippen molar-refractivity contribution in [2.24, 2.45) is 0 Å². The molecular weight excluding hydrogens is 304 g/mol. The normalized spacial score (nSPS) is 24.5. The molecule has 0 saturated carbocycles. The summed E-state index contributed by atoms with van der Waals surface area (Å²) in [7, 11) is 3.93. The van der Waals surface area contributed by atoms with Crippen LogP contribution in [0.2, 0.25) is 0 Å². The topological polar surface area (TPSA) is 55.9 Å². The number of hydrogen-bond acceptors (Lipinski definition) is 4. The van der Waals surface area contributed by atoms with E-state index in [0.717, 1.165) is 37.9 Å². The minimum Gasteiger partial charge on any atom is -0.329 e. The van der Waals surface area contributed by atoms with Crippen molar-refractivity contribution in [1.29, 1.82) is 0 Å². The number of amides is 2. The van der Waals surface area contributed by atoms with Gasteiger partial charge in [-0.25, -0.2) is 10.0 Å². The number of likely N-dealkylation sites (tertiary alicyclic amines) is 1. The highest BCUT2D eigenvalue weighted by molar-refractivity contribution is 5.98. The highest BCUT2D eigenvalue weighted by Crippen LogP contribution is 2.25. The fourth-order valence-corrected chi connectivity index (χ4v) is 3.72. The standard InChI is InChI=1S/C18H26N4O2/c1-20(2)22-13-7-11-16(22)18(24)21-12-6-10-15(21)17(23)19-14-8-4-3-5-9-14/h3-5,8-9,15-16H,6-7,10-13H2,1-2H3,(H,19,23)/t15-,16+/m1/s1. The molecule has 0 bridgehead atoms. The number of carbonyl (C=O) groups excluding carboxylic acids is 2. The van der Waals surface area contributed by atoms with E-state index in [1.54, 1.807) is 4.90 Å². The third-order valence-electron chi connectivity index (χ3n) is 4.90. The fourth-order valence-electron chi connectivity index (χ4n) is 3.72. The average Bonchev–Trinajstić information content (AvgIpc) is 3.24. The second-order valence-electron chi connectivity index (χ2n) is 6.71. The highest BCUT2D eigenvalue weighted by atomic mass is 16.2. The molecule has 2 aliphatic rings. The van der Waals surface area contributed by atoms with Gasteiger partial charge in [0.25, 0.3) is 0 Å². The van der Waals surface area contributed by atoms with Gasteiger partial charge in [0.05, 0.1) is 0 Å². The van der Waals surface area contributed by atoms with E-state index in [-0.39, 0.29) is 23.9 Å². The van der Waals surface area contributed by atoms with Crippen molar-refractivity contribution in [2.45, 2.75) is 37.8 Å². The number of hydrazine groups is 1. The van der Waals surface area contributed by atoms with Gasteiger partial charge in [0.15, 0.2) is 0 Å². The number of benzene rings is 1. The molecule has 1 aromatic carbocycles. The molecule has 0 spiro atoms. The molecule has 1 N–H and O–H groups in total. The Labute approximate surface area is 143 Å². The zero-order valence-electron chi connectivity index (χ0n) is 14.4. The molecule has 6 heteroatoms. The van der Waals surface area contributed by atoms with Crippen LogP contribution in [0.4, 0.5) is 5.69 Å². The Morgan fingerprint density at radius 1 is 1.04 bits per heavy atom. The van der Waals surface area contributed by atoms with Gasteiger partial charge < -0.3 is 10.2 Å². The summed E-state index contributed by atoms with van der Waals surface area (Å²) in [6.45, 7) is 1.57. The van der Waals surface area contributed by atoms with Crippen molar-refractivity contribution in [3.63, 3.8) is 0 Å². The van der Waals surface area contributed by atoms with Crippen molar-refractivity contribution in [3.8, 4) is 0 Å². The van der Waals surface area contributed by atoms with Crippen LogP contribution < -0.4 is 5.32 Å². The van der Waals surface area contributed by atoms with E-state index in [9.17, 15) is 9.59 Å². The van der Waals surface area contributed by atoms with Crippen LogP contribution in [0.5, 0.6) is 0 Å². The lowest BCUT2D eigenvalue weighted by Crippen LogP contribution is -2.53. The van der Waals surface area contributed by atoms with Crippen molar-refractivity contribution in [2.75, 3.05) is 32.5 Å². The summed E-state index contributed by atoms with van der Waals surface area (Å²) in [5.74, 6) is 0.00774. The van der Waals surface area contributed by atoms with E-state index in [0.29, 0.717) is 6.54 Å². The summed E-state index contributed by atoms with van der Waals surface area (Å²) < 4.78 is 0. The van der Waals surface area contributed by atoms with Crippen molar-refractivity contribution < 1.29 is 9.59 Å². The predicted octanol–water partition coefficient (Wildman–Crippen LogP) is 1.56. The Morgan fingerprint density at radius 3 is 2.42 bits per heavy atom. The Hall–Kier alpha value is -1.92. The van der Waals surface area contributed by atoms with Crippen LogP contribution >= 0.6 is 0 Å². The largest absolute Gasteiger partial charge is 0.329 e. The zero-order valence-corrected chi connectivity index (χ0v) is 14.4. The molecule has 0 unspecified atom stereocenters. The van der Waals surface area contributed by atoms with E-state index in [1.165, 1.54) is 0 Å². The number of rotatable bonds is 4. The number of hydrogen-bond donors (Lipinski definition) is 1. The van der Waals surface area contributed by atoms with Crippen LogP contribution in [0.25, 0.3) is 0 Å². The molecular formula is C18H26N4O2. The van der Waals surface area contributed by atoms with Crippen molar-refractivity contribution in [3.05, 3.63) is 30.3 Å². The van der Waals surface area contributed by atoms with E-state index in [4.69, 9.17) is 0 Å². The van der Waals surface area contributed by atoms with Gasteiger partial charge in [-0.15, -0.1) is 0 Å². The van der Waals surface area contributed by atoms with Gasteiger partial charge in [-0.2, -0.15) is 0 Å². The molecule has 24 heavy (non-hydrogen) atoms. The van der Waals surface area contributed by atoms with E-state index >= 15 is 0 Å². The lowest BCUT2D eigenvalue weighted by atomic mass is 10.1. The third-order valence-corrected chi connectivity index (χ3v) is 4.90. The van der Waals surface area contributed by atoms with Crippen LogP contribution in [0, 0.1) is 0 Å². The predicted molar refractivity (Wildman–Crippen MR) is 93.2 cm³/mol. The second kappa shape index (κ2) is 7.32. The summed E-state index contributed by atoms with van der Waals surface area (Å²) in [6.07, 6.45) is 3.50. The van der Waals surface area contributed by atoms with Gasteiger partial charge in [-0.05, 0) is 37.8 Å². The van der Waals surface area contributed by atoms with Gasteiger partial charge in [0.1, 0.15) is 12.1 Å². The molecule has 1 aromatic rings. The van der Waals surface area contributed by atoms with Crippen molar-refractivity contribution in [1.82, 2.24) is 14.9 Å². The van der Waals surface area contributed by atoms with Gasteiger partial charge in [0.2, 0.25) is 11.8 Å². The van der Waals surface area contributed by atoms with E-state index in [1.807, 2.05) is 49.4 Å². The van der Waals surface area contributed by atoms with Crippen LogP contribution in [-0.2, 0) is 9.59 Å². The number of anilines is 1. The Bertz CT molecular complexity index is 590. The third kappa shape index (κ3) is 3.44. The summed E-state index contributed by atoms with van der Waals surface area (Å²) in [4.78, 5) is 27.4. The number of nitrogens with zero attached hydrogens (tertiary/aromatic N) is 3. The molecule has 6 nitrogen and oxygen atoms in total. The van der Waals surface area contributed by atoms with Gasteiger partial charge in [0, 0.05) is 32.9 Å². The smallest absolute Gasteiger partial charge is 0.247 e. The molecule has 2 fully saturated rings. The Balaban J connectivity index is 1.68. The quantitative estimate of drug-likeness (QED) is 0.910. The van der Waals surface area contributed by atoms with Crippen LogP contribution in [0.1, 0.15) is 25.7 Å². The van der Waals surface area contributed by atoms with Crippen LogP contribution in [0.15, 0.2) is 30.3 Å². The molecule has 0 radical (unpaired) electrons. The SMILES string of the molecule is CN(C)N1CCC[C@H]1C(=O)N1CCC[C@@H]1C(=O)Nc1ccccc1. The summed E-state index contributed by atoms with van der Waals surface area (Å²) in [6, 6.07) is 8.93. The van der Waals surface area contributed by atoms with E-state index < -0.39 is 0 Å². The number of nitrogens with one attached hydrogen (secondary N) is 1. The Kier molecular flexibility index (Phi) is 5.16. The molecule has 2 amide bonds. The summed E-state index contributed by atoms with van der Waals surface area (Å²) >= 11 is 0. The highest BCUT2D eigenvalue weighted by Gasteiger charge is 2.41. The molecule has 2 heterocycles. The fraction of sp³-hybridized carbons (Fsp3) is 0.556. The zero-order chi connectivity index (χ0) is 17.1. The maximum Gasteiger partial charge on any atom is 0.247 e. The first-order chi connectivity index (χ1) is 11.6. The first-order valence-corrected chi connectivity index (χ1v) is 8.68. The minimum atomic E-state index is -0.359. The maximum atomic E-state index is 13.0. The monoisotopic (exact) mass is 330 g/mol. The Morgan fingerprint density at radius 2 is 1.71 bits per heavy atom. The minimum absolute atomic E-state index is 0.0820. The second-order valence-corrected chi connectivity index (χ2v) is 6.71. The molecule has 0 aliphatic carbocycles. The maximum absolute atomic E-state index is 13.0. The van der Waals surface area contributed by atoms with Crippen molar-refractivity contribution >= 4 is 17.5 Å². The number of para-hydroxylation sites is 1. The molecule has 2 saturated heterocycles. The van der Waals surface area contributed by atoms with Crippen LogP contribution in [0.3, 0.4) is 0 Å². The molecule has 0 aromatic heterocycles. The molecule has 3 rings (SSSR count). The lowest BCUT2D eigenvalue weighted by molar-refractivity contribution is -0.145. The van der Waals surface area contributed by atoms with Gasteiger partial charge in [-0.3, -0.25) is 9.59 Å². The summed E-state index contributed by atoms with van der Waals surface area (Å²) in [5, 5.41) is 7.03. The average molecular weight is 330 g/mol. The van der Waals surface area contributed by atoms with Gasteiger partial charge >= 0.3 is 0 Å². The van der Waals surface area contributed by atoms with Gasteiger partial charge in [-0.1, -0.05) is 18.2 Å². The molecule has 2 aliphatic heterocycles. The lowest BCUT2D eigenvalue weighted by Gasteiger charge is -2.33. The van der Waals surface area contributed by atoms with Crippen LogP contribution in [-0.4, -0.2) is 66.0 Å². The number of carbonyl (C=O) groups is 2. The molecule has 2 atom stereocenters. The molecule has 130 valence electrons. The summed E-state index contributed by atoms with van der Waals surface area (Å²) in [5.41, 5.74) is 0.776.